The number of nitrogens with two attached hydrogens (primary N) is 2. The molecule has 0 atom stereocenters. The minimum absolute atomic E-state index is 0.0482. The van der Waals surface area contributed by atoms with E-state index in [1.165, 1.54) is 4.68 Å². The molecule has 7 nitrogen and oxygen atoms in total. The molecule has 2 heterocycles. The van der Waals surface area contributed by atoms with Crippen molar-refractivity contribution < 1.29 is 4.79 Å². The van der Waals surface area contributed by atoms with Crippen molar-refractivity contribution in [2.24, 2.45) is 5.73 Å². The van der Waals surface area contributed by atoms with Gasteiger partial charge in [-0.3, -0.25) is 9.78 Å². The lowest BCUT2D eigenvalue weighted by Gasteiger charge is -2.06. The Morgan fingerprint density at radius 2 is 2.00 bits per heavy atom. The van der Waals surface area contributed by atoms with Gasteiger partial charge >= 0.3 is 0 Å². The highest BCUT2D eigenvalue weighted by molar-refractivity contribution is 5.95. The van der Waals surface area contributed by atoms with Crippen LogP contribution in [0.2, 0.25) is 0 Å². The molecule has 0 saturated heterocycles. The Hall–Kier alpha value is -2.96. The molecule has 0 aliphatic heterocycles. The fourth-order valence-corrected chi connectivity index (χ4v) is 1.90. The highest BCUT2D eigenvalue weighted by Crippen LogP contribution is 2.22. The van der Waals surface area contributed by atoms with Crippen molar-refractivity contribution in [1.29, 1.82) is 0 Å². The number of aromatic nitrogens is 4. The fraction of sp³-hybridized carbons (Fsp3) is 0. The fourth-order valence-electron chi connectivity index (χ4n) is 1.90. The summed E-state index contributed by atoms with van der Waals surface area (Å²) < 4.78 is 1.36. The monoisotopic (exact) mass is 254 g/mol. The summed E-state index contributed by atoms with van der Waals surface area (Å²) in [5, 5.41) is 8.48. The maximum atomic E-state index is 11.1. The quantitative estimate of drug-likeness (QED) is 0.691. The SMILES string of the molecule is NC(=O)c1nnn(-c2cccc3cccnc23)c1N. The Balaban J connectivity index is 2.28. The molecule has 4 N–H and O–H groups in total. The first-order chi connectivity index (χ1) is 9.18. The maximum Gasteiger partial charge on any atom is 0.273 e. The van der Waals surface area contributed by atoms with Crippen LogP contribution in [0.15, 0.2) is 36.5 Å². The number of amides is 1. The summed E-state index contributed by atoms with van der Waals surface area (Å²) in [6.07, 6.45) is 1.67. The van der Waals surface area contributed by atoms with Gasteiger partial charge < -0.3 is 11.5 Å². The lowest BCUT2D eigenvalue weighted by molar-refractivity contribution is 0.0996. The summed E-state index contributed by atoms with van der Waals surface area (Å²) >= 11 is 0. The van der Waals surface area contributed by atoms with Crippen molar-refractivity contribution >= 4 is 22.6 Å². The highest BCUT2D eigenvalue weighted by atomic mass is 16.1. The molecule has 0 bridgehead atoms. The molecular formula is C12H10N6O. The van der Waals surface area contributed by atoms with E-state index in [0.717, 1.165) is 10.9 Å². The number of anilines is 1. The molecule has 1 amide bonds. The number of carbonyl (C=O) groups is 1. The van der Waals surface area contributed by atoms with Crippen LogP contribution in [0.5, 0.6) is 0 Å². The second kappa shape index (κ2) is 4.05. The van der Waals surface area contributed by atoms with E-state index in [2.05, 4.69) is 15.3 Å². The number of benzene rings is 1. The molecule has 0 spiro atoms. The Morgan fingerprint density at radius 1 is 1.21 bits per heavy atom. The molecule has 7 heteroatoms. The zero-order valence-electron chi connectivity index (χ0n) is 9.82. The lowest BCUT2D eigenvalue weighted by atomic mass is 10.2. The van der Waals surface area contributed by atoms with Crippen LogP contribution < -0.4 is 11.5 Å². The van der Waals surface area contributed by atoms with Gasteiger partial charge in [0, 0.05) is 11.6 Å². The predicted octanol–water partition coefficient (Wildman–Crippen LogP) is 0.497. The van der Waals surface area contributed by atoms with E-state index >= 15 is 0 Å². The summed E-state index contributed by atoms with van der Waals surface area (Å²) in [5.74, 6) is -0.609. The average Bonchev–Trinajstić information content (AvgIpc) is 2.80. The smallest absolute Gasteiger partial charge is 0.273 e. The number of hydrogen-bond donors (Lipinski definition) is 2. The van der Waals surface area contributed by atoms with Gasteiger partial charge in [-0.15, -0.1) is 5.10 Å². The van der Waals surface area contributed by atoms with Gasteiger partial charge in [0.05, 0.1) is 11.2 Å². The second-order valence-electron chi connectivity index (χ2n) is 3.95. The second-order valence-corrected chi connectivity index (χ2v) is 3.95. The molecule has 3 rings (SSSR count). The van der Waals surface area contributed by atoms with Gasteiger partial charge in [0.2, 0.25) is 0 Å². The zero-order valence-corrected chi connectivity index (χ0v) is 9.82. The summed E-state index contributed by atoms with van der Waals surface area (Å²) in [5.41, 5.74) is 12.3. The minimum Gasteiger partial charge on any atom is -0.382 e. The number of nitrogens with zero attached hydrogens (tertiary/aromatic N) is 4. The van der Waals surface area contributed by atoms with Crippen molar-refractivity contribution in [3.05, 3.63) is 42.2 Å². The molecule has 0 unspecified atom stereocenters. The van der Waals surface area contributed by atoms with Crippen LogP contribution in [0.1, 0.15) is 10.5 Å². The number of primary amides is 1. The van der Waals surface area contributed by atoms with E-state index in [-0.39, 0.29) is 11.5 Å². The molecular weight excluding hydrogens is 244 g/mol. The molecule has 0 aliphatic carbocycles. The van der Waals surface area contributed by atoms with Crippen molar-refractivity contribution in [3.8, 4) is 5.69 Å². The molecule has 19 heavy (non-hydrogen) atoms. The van der Waals surface area contributed by atoms with Crippen LogP contribution in [0.25, 0.3) is 16.6 Å². The van der Waals surface area contributed by atoms with Gasteiger partial charge in [0.25, 0.3) is 5.91 Å². The van der Waals surface area contributed by atoms with Crippen LogP contribution in [0, 0.1) is 0 Å². The van der Waals surface area contributed by atoms with Gasteiger partial charge in [-0.1, -0.05) is 23.4 Å². The van der Waals surface area contributed by atoms with E-state index < -0.39 is 5.91 Å². The first-order valence-electron chi connectivity index (χ1n) is 5.53. The number of carbonyl (C=O) groups excluding carboxylic acids is 1. The van der Waals surface area contributed by atoms with Crippen LogP contribution in [-0.4, -0.2) is 25.9 Å². The van der Waals surface area contributed by atoms with Gasteiger partial charge in [-0.25, -0.2) is 0 Å². The van der Waals surface area contributed by atoms with Crippen molar-refractivity contribution in [3.63, 3.8) is 0 Å². The topological polar surface area (TPSA) is 113 Å². The van der Waals surface area contributed by atoms with E-state index in [0.29, 0.717) is 5.69 Å². The van der Waals surface area contributed by atoms with Crippen LogP contribution >= 0.6 is 0 Å². The van der Waals surface area contributed by atoms with E-state index in [1.54, 1.807) is 12.3 Å². The summed E-state index contributed by atoms with van der Waals surface area (Å²) in [6.45, 7) is 0. The van der Waals surface area contributed by atoms with Crippen LogP contribution in [0.4, 0.5) is 5.82 Å². The Bertz CT molecular complexity index is 773. The summed E-state index contributed by atoms with van der Waals surface area (Å²) in [6, 6.07) is 9.34. The van der Waals surface area contributed by atoms with E-state index in [1.807, 2.05) is 24.3 Å². The standard InChI is InChI=1S/C12H10N6O/c13-11-10(12(14)19)16-17-18(11)8-5-1-3-7-4-2-6-15-9(7)8/h1-6H,13H2,(H2,14,19). The van der Waals surface area contributed by atoms with Gasteiger partial charge in [0.15, 0.2) is 11.5 Å². The van der Waals surface area contributed by atoms with Crippen molar-refractivity contribution in [1.82, 2.24) is 20.0 Å². The maximum absolute atomic E-state index is 11.1. The number of rotatable bonds is 2. The molecule has 2 aromatic heterocycles. The first-order valence-corrected chi connectivity index (χ1v) is 5.53. The van der Waals surface area contributed by atoms with Crippen LogP contribution in [0.3, 0.4) is 0 Å². The zero-order chi connectivity index (χ0) is 13.4. The molecule has 0 radical (unpaired) electrons. The van der Waals surface area contributed by atoms with Crippen LogP contribution in [-0.2, 0) is 0 Å². The number of hydrogen-bond acceptors (Lipinski definition) is 5. The molecule has 94 valence electrons. The minimum atomic E-state index is -0.711. The number of fused-ring (bicyclic) bond motifs is 1. The largest absolute Gasteiger partial charge is 0.382 e. The van der Waals surface area contributed by atoms with E-state index in [4.69, 9.17) is 11.5 Å². The lowest BCUT2D eigenvalue weighted by Crippen LogP contribution is -2.14. The predicted molar refractivity (Wildman–Crippen MR) is 69.6 cm³/mol. The molecule has 0 fully saturated rings. The third-order valence-corrected chi connectivity index (χ3v) is 2.78. The Labute approximate surface area is 107 Å². The van der Waals surface area contributed by atoms with Gasteiger partial charge in [-0.2, -0.15) is 4.68 Å². The normalized spacial score (nSPS) is 10.7. The summed E-state index contributed by atoms with van der Waals surface area (Å²) in [7, 11) is 0. The molecule has 0 aliphatic rings. The number of pyridine rings is 1. The summed E-state index contributed by atoms with van der Waals surface area (Å²) in [4.78, 5) is 15.4. The van der Waals surface area contributed by atoms with Crippen molar-refractivity contribution in [2.45, 2.75) is 0 Å². The Kier molecular flexibility index (Phi) is 2.38. The van der Waals surface area contributed by atoms with Gasteiger partial charge in [0.1, 0.15) is 0 Å². The molecule has 1 aromatic carbocycles. The van der Waals surface area contributed by atoms with Crippen molar-refractivity contribution in [2.75, 3.05) is 5.73 Å². The Morgan fingerprint density at radius 3 is 2.74 bits per heavy atom. The molecule has 0 saturated carbocycles. The van der Waals surface area contributed by atoms with E-state index in [9.17, 15) is 4.79 Å². The average molecular weight is 254 g/mol. The first kappa shape index (κ1) is 11.1. The number of nitrogen functional groups attached to an aromatic ring is 1. The molecule has 3 aromatic rings. The highest BCUT2D eigenvalue weighted by Gasteiger charge is 2.17. The van der Waals surface area contributed by atoms with Gasteiger partial charge in [-0.05, 0) is 12.1 Å². The third-order valence-electron chi connectivity index (χ3n) is 2.78. The third kappa shape index (κ3) is 1.68. The number of para-hydroxylation sites is 1.